The molecule has 0 fully saturated rings. The van der Waals surface area contributed by atoms with Crippen LogP contribution in [-0.4, -0.2) is 43.0 Å². The molecule has 0 N–H and O–H groups in total. The van der Waals surface area contributed by atoms with Crippen molar-refractivity contribution in [1.82, 2.24) is 9.88 Å². The third kappa shape index (κ3) is 3.92. The quantitative estimate of drug-likeness (QED) is 0.672. The number of amides is 1. The molecule has 0 radical (unpaired) electrons. The lowest BCUT2D eigenvalue weighted by Crippen LogP contribution is -2.37. The molecule has 0 atom stereocenters. The fraction of sp³-hybridized carbons (Fsp3) is 0.300. The highest BCUT2D eigenvalue weighted by Gasteiger charge is 2.22. The molecule has 0 aliphatic heterocycles. The molecule has 0 spiro atoms. The number of hydrogen-bond acceptors (Lipinski definition) is 4. The molecule has 6 heteroatoms. The van der Waals surface area contributed by atoms with Gasteiger partial charge in [-0.25, -0.2) is 9.37 Å². The molecule has 1 aromatic heterocycles. The number of aromatic nitrogens is 1. The van der Waals surface area contributed by atoms with Crippen molar-refractivity contribution in [3.63, 3.8) is 0 Å². The number of benzene rings is 2. The van der Waals surface area contributed by atoms with Crippen molar-refractivity contribution in [2.75, 3.05) is 32.1 Å². The first-order chi connectivity index (χ1) is 12.3. The van der Waals surface area contributed by atoms with Gasteiger partial charge in [0.15, 0.2) is 5.13 Å². The summed E-state index contributed by atoms with van der Waals surface area (Å²) < 4.78 is 14.2. The molecule has 1 heterocycles. The van der Waals surface area contributed by atoms with Gasteiger partial charge in [-0.2, -0.15) is 0 Å². The van der Waals surface area contributed by atoms with Crippen LogP contribution in [0.1, 0.15) is 21.5 Å². The van der Waals surface area contributed by atoms with Crippen LogP contribution in [0.4, 0.5) is 9.52 Å². The molecular weight excluding hydrogens is 349 g/mol. The second-order valence-electron chi connectivity index (χ2n) is 6.69. The lowest BCUT2D eigenvalue weighted by atomic mass is 10.0. The molecule has 0 aliphatic rings. The number of carbonyl (C=O) groups is 1. The Kier molecular flexibility index (Phi) is 5.34. The Labute approximate surface area is 156 Å². The van der Waals surface area contributed by atoms with E-state index in [2.05, 4.69) is 4.98 Å². The van der Waals surface area contributed by atoms with Crippen LogP contribution >= 0.6 is 11.3 Å². The largest absolute Gasteiger partial charge is 0.308 e. The van der Waals surface area contributed by atoms with E-state index in [9.17, 15) is 9.18 Å². The monoisotopic (exact) mass is 371 g/mol. The van der Waals surface area contributed by atoms with E-state index in [4.69, 9.17) is 0 Å². The van der Waals surface area contributed by atoms with Gasteiger partial charge >= 0.3 is 0 Å². The Bertz CT molecular complexity index is 951. The van der Waals surface area contributed by atoms with Gasteiger partial charge in [0.25, 0.3) is 5.91 Å². The average molecular weight is 371 g/mol. The predicted molar refractivity (Wildman–Crippen MR) is 106 cm³/mol. The van der Waals surface area contributed by atoms with Gasteiger partial charge in [0.2, 0.25) is 0 Å². The summed E-state index contributed by atoms with van der Waals surface area (Å²) in [5.41, 5.74) is 3.43. The van der Waals surface area contributed by atoms with Gasteiger partial charge < -0.3 is 4.90 Å². The Hall–Kier alpha value is -2.31. The molecule has 3 aromatic rings. The zero-order chi connectivity index (χ0) is 18.8. The topological polar surface area (TPSA) is 36.4 Å². The molecule has 0 aliphatic carbocycles. The first-order valence-electron chi connectivity index (χ1n) is 8.45. The van der Waals surface area contributed by atoms with Crippen molar-refractivity contribution in [2.24, 2.45) is 0 Å². The molecule has 136 valence electrons. The number of rotatable bonds is 5. The van der Waals surface area contributed by atoms with Gasteiger partial charge in [0.05, 0.1) is 10.2 Å². The summed E-state index contributed by atoms with van der Waals surface area (Å²) >= 11 is 1.34. The summed E-state index contributed by atoms with van der Waals surface area (Å²) in [6.07, 6.45) is 0. The number of fused-ring (bicyclic) bond motifs is 1. The van der Waals surface area contributed by atoms with Crippen LogP contribution in [-0.2, 0) is 0 Å². The summed E-state index contributed by atoms with van der Waals surface area (Å²) in [6.45, 7) is 5.17. The number of carbonyl (C=O) groups excluding carboxylic acids is 1. The summed E-state index contributed by atoms with van der Waals surface area (Å²) in [5.74, 6) is -0.378. The van der Waals surface area contributed by atoms with Gasteiger partial charge in [-0.3, -0.25) is 9.69 Å². The molecule has 0 saturated heterocycles. The van der Waals surface area contributed by atoms with E-state index in [0.29, 0.717) is 29.3 Å². The molecular formula is C20H22FN3OS. The standard InChI is InChI=1S/C20H22FN3OS/c1-13-5-7-16(14(2)11-13)19(25)24(10-9-23(3)4)20-22-17-8-6-15(21)12-18(17)26-20/h5-8,11-12H,9-10H2,1-4H3. The van der Waals surface area contributed by atoms with Crippen LogP contribution in [0.25, 0.3) is 10.2 Å². The third-order valence-electron chi connectivity index (χ3n) is 4.20. The minimum Gasteiger partial charge on any atom is -0.308 e. The van der Waals surface area contributed by atoms with E-state index in [-0.39, 0.29) is 11.7 Å². The first-order valence-corrected chi connectivity index (χ1v) is 9.27. The molecule has 4 nitrogen and oxygen atoms in total. The summed E-state index contributed by atoms with van der Waals surface area (Å²) in [7, 11) is 3.93. The molecule has 0 unspecified atom stereocenters. The lowest BCUT2D eigenvalue weighted by Gasteiger charge is -2.22. The van der Waals surface area contributed by atoms with Crippen LogP contribution in [0.3, 0.4) is 0 Å². The number of thiazole rings is 1. The number of likely N-dealkylation sites (N-methyl/N-ethyl adjacent to an activating group) is 1. The first kappa shape index (κ1) is 18.5. The maximum atomic E-state index is 13.5. The molecule has 3 rings (SSSR count). The fourth-order valence-electron chi connectivity index (χ4n) is 2.78. The highest BCUT2D eigenvalue weighted by atomic mass is 32.1. The molecule has 0 saturated carbocycles. The maximum Gasteiger partial charge on any atom is 0.260 e. The van der Waals surface area contributed by atoms with Crippen LogP contribution in [0.5, 0.6) is 0 Å². The summed E-state index contributed by atoms with van der Waals surface area (Å²) in [6, 6.07) is 10.3. The van der Waals surface area contributed by atoms with Gasteiger partial charge in [-0.15, -0.1) is 0 Å². The van der Waals surface area contributed by atoms with Crippen LogP contribution in [0.15, 0.2) is 36.4 Å². The maximum absolute atomic E-state index is 13.5. The van der Waals surface area contributed by atoms with Crippen LogP contribution < -0.4 is 4.90 Å². The summed E-state index contributed by atoms with van der Waals surface area (Å²) in [4.78, 5) is 21.5. The zero-order valence-electron chi connectivity index (χ0n) is 15.4. The van der Waals surface area contributed by atoms with E-state index in [1.165, 1.54) is 23.5 Å². The SMILES string of the molecule is Cc1ccc(C(=O)N(CCN(C)C)c2nc3ccc(F)cc3s2)c(C)c1. The van der Waals surface area contributed by atoms with Gasteiger partial charge in [-0.05, 0) is 57.8 Å². The third-order valence-corrected chi connectivity index (χ3v) is 5.24. The van der Waals surface area contributed by atoms with E-state index >= 15 is 0 Å². The Morgan fingerprint density at radius 2 is 1.88 bits per heavy atom. The zero-order valence-corrected chi connectivity index (χ0v) is 16.2. The molecule has 2 aromatic carbocycles. The van der Waals surface area contributed by atoms with E-state index in [0.717, 1.165) is 15.8 Å². The second kappa shape index (κ2) is 7.51. The molecule has 1 amide bonds. The van der Waals surface area contributed by atoms with Crippen molar-refractivity contribution in [1.29, 1.82) is 0 Å². The number of nitrogens with zero attached hydrogens (tertiary/aromatic N) is 3. The Balaban J connectivity index is 2.01. The minimum atomic E-state index is -0.298. The Morgan fingerprint density at radius 1 is 1.12 bits per heavy atom. The normalized spacial score (nSPS) is 11.3. The van der Waals surface area contributed by atoms with Gasteiger partial charge in [0.1, 0.15) is 5.82 Å². The van der Waals surface area contributed by atoms with Gasteiger partial charge in [0, 0.05) is 18.7 Å². The lowest BCUT2D eigenvalue weighted by molar-refractivity contribution is 0.0984. The summed E-state index contributed by atoms with van der Waals surface area (Å²) in [5, 5.41) is 0.595. The fourth-order valence-corrected chi connectivity index (χ4v) is 3.80. The number of halogens is 1. The van der Waals surface area contributed by atoms with Crippen LogP contribution in [0.2, 0.25) is 0 Å². The number of hydrogen-bond donors (Lipinski definition) is 0. The molecule has 0 bridgehead atoms. The highest BCUT2D eigenvalue weighted by molar-refractivity contribution is 7.22. The van der Waals surface area contributed by atoms with Crippen molar-refractivity contribution in [3.8, 4) is 0 Å². The van der Waals surface area contributed by atoms with Crippen molar-refractivity contribution in [3.05, 3.63) is 58.9 Å². The number of anilines is 1. The molecule has 26 heavy (non-hydrogen) atoms. The van der Waals surface area contributed by atoms with Crippen LogP contribution in [0, 0.1) is 19.7 Å². The number of aryl methyl sites for hydroxylation is 2. The highest BCUT2D eigenvalue weighted by Crippen LogP contribution is 2.30. The van der Waals surface area contributed by atoms with Crippen molar-refractivity contribution < 1.29 is 9.18 Å². The Morgan fingerprint density at radius 3 is 2.58 bits per heavy atom. The van der Waals surface area contributed by atoms with Crippen molar-refractivity contribution in [2.45, 2.75) is 13.8 Å². The van der Waals surface area contributed by atoms with Gasteiger partial charge in [-0.1, -0.05) is 29.0 Å². The minimum absolute atomic E-state index is 0.0797. The van der Waals surface area contributed by atoms with Crippen molar-refractivity contribution >= 4 is 32.6 Å². The van der Waals surface area contributed by atoms with E-state index < -0.39 is 0 Å². The second-order valence-corrected chi connectivity index (χ2v) is 7.70. The predicted octanol–water partition coefficient (Wildman–Crippen LogP) is 4.26. The van der Waals surface area contributed by atoms with E-state index in [1.807, 2.05) is 51.0 Å². The average Bonchev–Trinajstić information content (AvgIpc) is 2.97. The van der Waals surface area contributed by atoms with E-state index in [1.54, 1.807) is 11.0 Å². The smallest absolute Gasteiger partial charge is 0.260 e.